The summed E-state index contributed by atoms with van der Waals surface area (Å²) in [6.45, 7) is 0.975. The maximum Gasteiger partial charge on any atom is 0.227 e. The lowest BCUT2D eigenvalue weighted by atomic mass is 9.89. The maximum atomic E-state index is 13.5. The number of fused-ring (bicyclic) bond motifs is 2. The van der Waals surface area contributed by atoms with Crippen molar-refractivity contribution in [2.24, 2.45) is 0 Å². The molecule has 1 N–H and O–H groups in total. The fraction of sp³-hybridized carbons (Fsp3) is 0.0667. The molecule has 0 saturated carbocycles. The van der Waals surface area contributed by atoms with Crippen molar-refractivity contribution >= 4 is 11.6 Å². The topological polar surface area (TPSA) is 64.1 Å². The van der Waals surface area contributed by atoms with Crippen molar-refractivity contribution in [1.29, 1.82) is 0 Å². The third kappa shape index (κ3) is 3.77. The van der Waals surface area contributed by atoms with E-state index in [9.17, 15) is 9.59 Å². The highest BCUT2D eigenvalue weighted by molar-refractivity contribution is 6.29. The van der Waals surface area contributed by atoms with Gasteiger partial charge in [-0.05, 0) is 34.9 Å². The van der Waals surface area contributed by atoms with Crippen LogP contribution < -0.4 is 4.74 Å². The zero-order valence-corrected chi connectivity index (χ0v) is 18.9. The third-order valence-electron chi connectivity index (χ3n) is 6.35. The van der Waals surface area contributed by atoms with Crippen molar-refractivity contribution < 1.29 is 14.3 Å². The van der Waals surface area contributed by atoms with Gasteiger partial charge >= 0.3 is 0 Å². The van der Waals surface area contributed by atoms with Crippen LogP contribution in [0.5, 0.6) is 5.75 Å². The van der Waals surface area contributed by atoms with Gasteiger partial charge in [0, 0.05) is 24.5 Å². The first-order valence-corrected chi connectivity index (χ1v) is 11.5. The van der Waals surface area contributed by atoms with Crippen LogP contribution in [0.15, 0.2) is 103 Å². The number of nitrogens with zero attached hydrogens (tertiary/aromatic N) is 1. The van der Waals surface area contributed by atoms with E-state index in [2.05, 4.69) is 4.98 Å². The molecule has 1 aliphatic carbocycles. The summed E-state index contributed by atoms with van der Waals surface area (Å²) in [7, 11) is 0. The Balaban J connectivity index is 1.38. The number of ketones is 2. The molecule has 35 heavy (non-hydrogen) atoms. The molecule has 170 valence electrons. The molecule has 0 atom stereocenters. The minimum absolute atomic E-state index is 0.137. The quantitative estimate of drug-likeness (QED) is 0.339. The second-order valence-corrected chi connectivity index (χ2v) is 8.60. The van der Waals surface area contributed by atoms with Gasteiger partial charge in [0.1, 0.15) is 18.1 Å². The smallest absolute Gasteiger partial charge is 0.227 e. The standard InChI is InChI=1S/C30H22N2O3/c33-29-24-15-16-31-27(24)30(34)28-26(29)25(18-32(28)17-20-7-3-1-4-8-20)22-11-13-23(14-12-22)35-19-21-9-5-2-6-10-21/h1-16,18,31H,17,19H2. The van der Waals surface area contributed by atoms with Crippen LogP contribution in [0.4, 0.5) is 0 Å². The Morgan fingerprint density at radius 1 is 0.714 bits per heavy atom. The number of hydrogen-bond acceptors (Lipinski definition) is 3. The van der Waals surface area contributed by atoms with Crippen LogP contribution in [0.2, 0.25) is 0 Å². The average Bonchev–Trinajstić information content (AvgIpc) is 3.54. The lowest BCUT2D eigenvalue weighted by Crippen LogP contribution is -2.22. The van der Waals surface area contributed by atoms with E-state index in [1.165, 1.54) is 0 Å². The summed E-state index contributed by atoms with van der Waals surface area (Å²) in [4.78, 5) is 29.9. The van der Waals surface area contributed by atoms with Gasteiger partial charge in [0.25, 0.3) is 0 Å². The number of ether oxygens (including phenoxy) is 1. The van der Waals surface area contributed by atoms with E-state index in [1.807, 2.05) is 95.7 Å². The number of carbonyl (C=O) groups is 2. The van der Waals surface area contributed by atoms with Crippen molar-refractivity contribution in [3.8, 4) is 16.9 Å². The van der Waals surface area contributed by atoms with E-state index in [-0.39, 0.29) is 11.6 Å². The predicted octanol–water partition coefficient (Wildman–Crippen LogP) is 5.89. The zero-order chi connectivity index (χ0) is 23.8. The summed E-state index contributed by atoms with van der Waals surface area (Å²) in [5, 5.41) is 0. The molecule has 5 heteroatoms. The van der Waals surface area contributed by atoms with Gasteiger partial charge in [-0.2, -0.15) is 0 Å². The van der Waals surface area contributed by atoms with Crippen molar-refractivity contribution in [3.63, 3.8) is 0 Å². The Kier molecular flexibility index (Phi) is 5.15. The van der Waals surface area contributed by atoms with Crippen LogP contribution in [0.1, 0.15) is 43.2 Å². The molecule has 5 aromatic rings. The summed E-state index contributed by atoms with van der Waals surface area (Å²) < 4.78 is 7.82. The molecule has 2 aromatic heterocycles. The van der Waals surface area contributed by atoms with Gasteiger partial charge in [-0.15, -0.1) is 0 Å². The molecule has 0 bridgehead atoms. The molecule has 1 aliphatic rings. The number of carbonyl (C=O) groups excluding carboxylic acids is 2. The minimum atomic E-state index is -0.162. The van der Waals surface area contributed by atoms with Crippen LogP contribution in [-0.4, -0.2) is 21.1 Å². The summed E-state index contributed by atoms with van der Waals surface area (Å²) in [5.41, 5.74) is 5.41. The molecule has 3 aromatic carbocycles. The maximum absolute atomic E-state index is 13.5. The summed E-state index contributed by atoms with van der Waals surface area (Å²) >= 11 is 0. The van der Waals surface area contributed by atoms with E-state index < -0.39 is 0 Å². The first-order chi connectivity index (χ1) is 17.2. The Hall–Kier alpha value is -4.64. The molecule has 0 unspecified atom stereocenters. The largest absolute Gasteiger partial charge is 0.489 e. The van der Waals surface area contributed by atoms with Gasteiger partial charge in [0.15, 0.2) is 5.78 Å². The summed E-state index contributed by atoms with van der Waals surface area (Å²) in [6.07, 6.45) is 3.56. The van der Waals surface area contributed by atoms with E-state index in [0.717, 1.165) is 28.0 Å². The van der Waals surface area contributed by atoms with Crippen LogP contribution in [0, 0.1) is 0 Å². The van der Waals surface area contributed by atoms with Gasteiger partial charge < -0.3 is 14.3 Å². The molecule has 6 rings (SSSR count). The average molecular weight is 459 g/mol. The summed E-state index contributed by atoms with van der Waals surface area (Å²) in [6, 6.07) is 29.3. The highest BCUT2D eigenvalue weighted by atomic mass is 16.5. The van der Waals surface area contributed by atoms with Crippen LogP contribution in [0.3, 0.4) is 0 Å². The third-order valence-corrected chi connectivity index (χ3v) is 6.35. The molecule has 0 aliphatic heterocycles. The Morgan fingerprint density at radius 2 is 1.40 bits per heavy atom. The monoisotopic (exact) mass is 458 g/mol. The van der Waals surface area contributed by atoms with E-state index >= 15 is 0 Å². The van der Waals surface area contributed by atoms with E-state index in [4.69, 9.17) is 4.74 Å². The van der Waals surface area contributed by atoms with Crippen LogP contribution >= 0.6 is 0 Å². The van der Waals surface area contributed by atoms with Crippen LogP contribution in [0.25, 0.3) is 11.1 Å². The van der Waals surface area contributed by atoms with Crippen molar-refractivity contribution in [2.75, 3.05) is 0 Å². The van der Waals surface area contributed by atoms with Crippen molar-refractivity contribution in [2.45, 2.75) is 13.2 Å². The molecule has 0 radical (unpaired) electrons. The van der Waals surface area contributed by atoms with Crippen molar-refractivity contribution in [3.05, 3.63) is 137 Å². The fourth-order valence-electron chi connectivity index (χ4n) is 4.62. The first-order valence-electron chi connectivity index (χ1n) is 11.5. The fourth-order valence-corrected chi connectivity index (χ4v) is 4.62. The zero-order valence-electron chi connectivity index (χ0n) is 18.9. The number of hydrogen-bond donors (Lipinski definition) is 1. The predicted molar refractivity (Wildman–Crippen MR) is 134 cm³/mol. The minimum Gasteiger partial charge on any atom is -0.489 e. The Bertz CT molecular complexity index is 1530. The lowest BCUT2D eigenvalue weighted by molar-refractivity contribution is 0.0971. The highest BCUT2D eigenvalue weighted by Gasteiger charge is 2.36. The van der Waals surface area contributed by atoms with Gasteiger partial charge in [0.05, 0.1) is 16.8 Å². The molecule has 2 heterocycles. The number of benzene rings is 3. The number of H-pyrrole nitrogens is 1. The molecular weight excluding hydrogens is 436 g/mol. The number of nitrogens with one attached hydrogen (secondary N) is 1. The molecule has 5 nitrogen and oxygen atoms in total. The second-order valence-electron chi connectivity index (χ2n) is 8.60. The number of rotatable bonds is 6. The van der Waals surface area contributed by atoms with Gasteiger partial charge in [-0.25, -0.2) is 0 Å². The molecule has 0 saturated heterocycles. The Labute approximate surface area is 202 Å². The molecule has 0 amide bonds. The van der Waals surface area contributed by atoms with Gasteiger partial charge in [0.2, 0.25) is 5.78 Å². The highest BCUT2D eigenvalue weighted by Crippen LogP contribution is 2.36. The van der Waals surface area contributed by atoms with Crippen LogP contribution in [-0.2, 0) is 13.2 Å². The van der Waals surface area contributed by atoms with E-state index in [1.54, 1.807) is 12.3 Å². The normalized spacial score (nSPS) is 12.3. The second kappa shape index (κ2) is 8.61. The SMILES string of the molecule is O=C1c2cc[nH]c2C(=O)c2c1c(-c1ccc(OCc3ccccc3)cc1)cn2Cc1ccccc1. The lowest BCUT2D eigenvalue weighted by Gasteiger charge is -2.15. The van der Waals surface area contributed by atoms with E-state index in [0.29, 0.717) is 35.7 Å². The first kappa shape index (κ1) is 20.9. The van der Waals surface area contributed by atoms with Gasteiger partial charge in [-0.1, -0.05) is 72.8 Å². The molecular formula is C30H22N2O3. The molecule has 0 spiro atoms. The summed E-state index contributed by atoms with van der Waals surface area (Å²) in [5.74, 6) is 0.442. The van der Waals surface area contributed by atoms with Gasteiger partial charge in [-0.3, -0.25) is 9.59 Å². The Morgan fingerprint density at radius 3 is 2.11 bits per heavy atom. The number of aromatic amines is 1. The van der Waals surface area contributed by atoms with Crippen molar-refractivity contribution in [1.82, 2.24) is 9.55 Å². The number of aromatic nitrogens is 2. The molecule has 0 fully saturated rings.